The molecule has 3 rings (SSSR count). The van der Waals surface area contributed by atoms with Crippen LogP contribution in [0.2, 0.25) is 0 Å². The van der Waals surface area contributed by atoms with E-state index in [0.717, 1.165) is 18.2 Å². The number of aliphatic hydroxyl groups is 3. The van der Waals surface area contributed by atoms with E-state index in [1.807, 2.05) is 0 Å². The van der Waals surface area contributed by atoms with Crippen molar-refractivity contribution in [2.75, 3.05) is 6.61 Å². The normalized spacial score (nSPS) is 11.4. The molecule has 0 saturated heterocycles. The molecule has 150 valence electrons. The van der Waals surface area contributed by atoms with Crippen LogP contribution in [0.25, 0.3) is 22.3 Å². The fraction of sp³-hybridized carbons (Fsp3) is 0.118. The monoisotopic (exact) mass is 414 g/mol. The molecule has 1 aromatic heterocycles. The van der Waals surface area contributed by atoms with Gasteiger partial charge in [-0.05, 0) is 18.2 Å². The molecule has 10 nitrogen and oxygen atoms in total. The number of rotatable bonds is 3. The van der Waals surface area contributed by atoms with Gasteiger partial charge in [-0.15, -0.1) is 12.4 Å². The summed E-state index contributed by atoms with van der Waals surface area (Å²) in [4.78, 5) is 12.5. The summed E-state index contributed by atoms with van der Waals surface area (Å²) in [6.45, 7) is -1.30. The first-order chi connectivity index (χ1) is 12.6. The first kappa shape index (κ1) is 21.1. The Morgan fingerprint density at radius 2 is 1.54 bits per heavy atom. The van der Waals surface area contributed by atoms with Crippen molar-refractivity contribution in [2.24, 2.45) is 0 Å². The molecule has 0 atom stereocenters. The summed E-state index contributed by atoms with van der Waals surface area (Å²) in [5, 5.41) is 77.0. The van der Waals surface area contributed by atoms with Crippen molar-refractivity contribution >= 4 is 23.4 Å². The molecule has 11 heteroatoms. The molecule has 0 radical (unpaired) electrons. The number of phenols is 4. The summed E-state index contributed by atoms with van der Waals surface area (Å²) in [6, 6.07) is 4.10. The van der Waals surface area contributed by atoms with E-state index in [4.69, 9.17) is 9.52 Å². The van der Waals surface area contributed by atoms with Gasteiger partial charge in [-0.2, -0.15) is 0 Å². The van der Waals surface area contributed by atoms with Crippen LogP contribution in [-0.4, -0.2) is 47.5 Å². The largest absolute Gasteiger partial charge is 0.507 e. The SMILES string of the molecule is Cl.O=c1c(O)c(-c2ccc(O)c(O)c2)oc2cc(O)c(C(O)(O)CO)c(O)c12. The lowest BCUT2D eigenvalue weighted by atomic mass is 10.00. The Bertz CT molecular complexity index is 1120. The van der Waals surface area contributed by atoms with Gasteiger partial charge in [-0.3, -0.25) is 4.79 Å². The van der Waals surface area contributed by atoms with Crippen molar-refractivity contribution in [1.82, 2.24) is 0 Å². The van der Waals surface area contributed by atoms with Crippen LogP contribution in [0.15, 0.2) is 33.5 Å². The lowest BCUT2D eigenvalue weighted by Crippen LogP contribution is -2.30. The zero-order valence-corrected chi connectivity index (χ0v) is 14.6. The van der Waals surface area contributed by atoms with Crippen LogP contribution in [-0.2, 0) is 5.79 Å². The number of halogens is 1. The molecule has 0 aliphatic carbocycles. The van der Waals surface area contributed by atoms with E-state index in [1.54, 1.807) is 0 Å². The van der Waals surface area contributed by atoms with Crippen LogP contribution in [0.4, 0.5) is 0 Å². The van der Waals surface area contributed by atoms with Crippen LogP contribution >= 0.6 is 12.4 Å². The predicted octanol–water partition coefficient (Wildman–Crippen LogP) is 0.540. The van der Waals surface area contributed by atoms with E-state index in [1.165, 1.54) is 6.07 Å². The zero-order chi connectivity index (χ0) is 20.1. The van der Waals surface area contributed by atoms with Crippen molar-refractivity contribution in [3.63, 3.8) is 0 Å². The van der Waals surface area contributed by atoms with Gasteiger partial charge in [0, 0.05) is 11.6 Å². The molecule has 0 saturated carbocycles. The minimum Gasteiger partial charge on any atom is -0.507 e. The third kappa shape index (κ3) is 3.14. The third-order valence-electron chi connectivity index (χ3n) is 3.97. The summed E-state index contributed by atoms with van der Waals surface area (Å²) >= 11 is 0. The fourth-order valence-electron chi connectivity index (χ4n) is 2.65. The van der Waals surface area contributed by atoms with Gasteiger partial charge >= 0.3 is 0 Å². The molecule has 28 heavy (non-hydrogen) atoms. The number of benzene rings is 2. The van der Waals surface area contributed by atoms with Gasteiger partial charge in [0.05, 0.1) is 5.56 Å². The summed E-state index contributed by atoms with van der Waals surface area (Å²) < 4.78 is 5.33. The second-order valence-corrected chi connectivity index (χ2v) is 5.78. The summed E-state index contributed by atoms with van der Waals surface area (Å²) in [6.07, 6.45) is 0. The Hall–Kier alpha value is -3.18. The van der Waals surface area contributed by atoms with Gasteiger partial charge in [0.1, 0.15) is 29.1 Å². The fourth-order valence-corrected chi connectivity index (χ4v) is 2.65. The Balaban J connectivity index is 0.00000280. The van der Waals surface area contributed by atoms with Crippen LogP contribution in [0.1, 0.15) is 5.56 Å². The van der Waals surface area contributed by atoms with E-state index < -0.39 is 68.9 Å². The van der Waals surface area contributed by atoms with Gasteiger partial charge in [0.15, 0.2) is 17.3 Å². The summed E-state index contributed by atoms with van der Waals surface area (Å²) in [5.41, 5.74) is -2.54. The van der Waals surface area contributed by atoms with Gasteiger partial charge in [-0.25, -0.2) is 0 Å². The maximum absolute atomic E-state index is 12.5. The Morgan fingerprint density at radius 3 is 2.11 bits per heavy atom. The lowest BCUT2D eigenvalue weighted by molar-refractivity contribution is -0.196. The van der Waals surface area contributed by atoms with Crippen LogP contribution in [0.3, 0.4) is 0 Å². The third-order valence-corrected chi connectivity index (χ3v) is 3.97. The van der Waals surface area contributed by atoms with E-state index in [9.17, 15) is 40.5 Å². The molecule has 0 amide bonds. The maximum Gasteiger partial charge on any atom is 0.238 e. The Morgan fingerprint density at radius 1 is 0.893 bits per heavy atom. The highest BCUT2D eigenvalue weighted by Crippen LogP contribution is 2.42. The van der Waals surface area contributed by atoms with Gasteiger partial charge < -0.3 is 45.3 Å². The second-order valence-electron chi connectivity index (χ2n) is 5.78. The molecule has 0 bridgehead atoms. The molecular weight excluding hydrogens is 400 g/mol. The number of fused-ring (bicyclic) bond motifs is 1. The molecule has 2 aromatic carbocycles. The van der Waals surface area contributed by atoms with Gasteiger partial charge in [-0.1, -0.05) is 0 Å². The van der Waals surface area contributed by atoms with Crippen molar-refractivity contribution in [1.29, 1.82) is 0 Å². The highest BCUT2D eigenvalue weighted by Gasteiger charge is 2.34. The minimum absolute atomic E-state index is 0. The van der Waals surface area contributed by atoms with E-state index in [2.05, 4.69) is 0 Å². The number of hydrogen-bond donors (Lipinski definition) is 8. The molecule has 0 aliphatic rings. The highest BCUT2D eigenvalue weighted by molar-refractivity contribution is 5.90. The van der Waals surface area contributed by atoms with Gasteiger partial charge in [0.2, 0.25) is 17.0 Å². The molecule has 0 fully saturated rings. The molecule has 1 heterocycles. The topological polar surface area (TPSA) is 192 Å². The highest BCUT2D eigenvalue weighted by atomic mass is 35.5. The first-order valence-electron chi connectivity index (χ1n) is 7.41. The van der Waals surface area contributed by atoms with E-state index in [-0.39, 0.29) is 18.0 Å². The number of aromatic hydroxyl groups is 5. The molecular formula is C17H15ClO10. The quantitative estimate of drug-likeness (QED) is 0.221. The number of phenolic OH excluding ortho intramolecular Hbond substituents is 4. The lowest BCUT2D eigenvalue weighted by Gasteiger charge is -2.22. The van der Waals surface area contributed by atoms with Crippen molar-refractivity contribution in [3.05, 3.63) is 40.1 Å². The molecule has 0 aliphatic heterocycles. The van der Waals surface area contributed by atoms with Crippen LogP contribution in [0, 0.1) is 0 Å². The van der Waals surface area contributed by atoms with E-state index in [0.29, 0.717) is 0 Å². The molecule has 0 unspecified atom stereocenters. The summed E-state index contributed by atoms with van der Waals surface area (Å²) in [7, 11) is 0. The first-order valence-corrected chi connectivity index (χ1v) is 7.41. The van der Waals surface area contributed by atoms with Crippen LogP contribution < -0.4 is 5.43 Å². The number of hydrogen-bond acceptors (Lipinski definition) is 10. The number of aliphatic hydroxyl groups excluding tert-OH is 1. The maximum atomic E-state index is 12.5. The minimum atomic E-state index is -3.06. The van der Waals surface area contributed by atoms with Crippen molar-refractivity contribution < 1.29 is 45.3 Å². The van der Waals surface area contributed by atoms with Crippen molar-refractivity contribution in [3.8, 4) is 40.1 Å². The van der Waals surface area contributed by atoms with Crippen molar-refractivity contribution in [2.45, 2.75) is 5.79 Å². The Kier molecular flexibility index (Phi) is 5.35. The molecule has 0 spiro atoms. The predicted molar refractivity (Wildman–Crippen MR) is 96.7 cm³/mol. The smallest absolute Gasteiger partial charge is 0.238 e. The van der Waals surface area contributed by atoms with E-state index >= 15 is 0 Å². The summed E-state index contributed by atoms with van der Waals surface area (Å²) in [5.74, 6) is -7.48. The average molecular weight is 415 g/mol. The van der Waals surface area contributed by atoms with Gasteiger partial charge in [0.25, 0.3) is 0 Å². The van der Waals surface area contributed by atoms with Crippen LogP contribution in [0.5, 0.6) is 28.7 Å². The standard InChI is InChI=1S/C17H14O10.ClH/c18-5-17(25,26)12-9(21)4-10-11(13(12)22)14(23)15(24)16(27-10)6-1-2-7(19)8(20)3-6;/h1-4,18-22,24-26H,5H2;1H. The molecule has 3 aromatic rings. The Labute approximate surface area is 161 Å². The zero-order valence-electron chi connectivity index (χ0n) is 13.8. The second kappa shape index (κ2) is 7.09. The molecule has 8 N–H and O–H groups in total. The average Bonchev–Trinajstić information content (AvgIpc) is 2.60.